The molecule has 0 fully saturated rings. The summed E-state index contributed by atoms with van der Waals surface area (Å²) in [6.07, 6.45) is 0.531. The molecule has 94 valence electrons. The minimum atomic E-state index is -0.855. The van der Waals surface area contributed by atoms with Crippen molar-refractivity contribution in [2.24, 2.45) is 0 Å². The summed E-state index contributed by atoms with van der Waals surface area (Å²) in [7, 11) is 4.30. The van der Waals surface area contributed by atoms with Crippen molar-refractivity contribution in [2.45, 2.75) is 12.8 Å². The van der Waals surface area contributed by atoms with Crippen LogP contribution in [-0.2, 0) is 11.3 Å². The molecule has 0 aromatic heterocycles. The van der Waals surface area contributed by atoms with Gasteiger partial charge in [0.25, 0.3) is 0 Å². The Morgan fingerprint density at radius 3 is 2.59 bits per heavy atom. The highest BCUT2D eigenvalue weighted by atomic mass is 16.6. The average Bonchev–Trinajstić information content (AvgIpc) is 2.29. The van der Waals surface area contributed by atoms with E-state index in [2.05, 4.69) is 32.8 Å². The van der Waals surface area contributed by atoms with E-state index in [0.717, 1.165) is 17.6 Å². The van der Waals surface area contributed by atoms with Crippen molar-refractivity contribution in [1.82, 2.24) is 0 Å². The van der Waals surface area contributed by atoms with Gasteiger partial charge in [0.2, 0.25) is 0 Å². The van der Waals surface area contributed by atoms with Gasteiger partial charge in [0.05, 0.1) is 20.7 Å². The Hall–Kier alpha value is -1.16. The Bertz CT molecular complexity index is 335. The molecule has 0 radical (unpaired) electrons. The third-order valence-corrected chi connectivity index (χ3v) is 2.64. The van der Waals surface area contributed by atoms with E-state index in [1.165, 1.54) is 11.6 Å². The van der Waals surface area contributed by atoms with Crippen molar-refractivity contribution >= 4 is 0 Å². The lowest BCUT2D eigenvalue weighted by atomic mass is 10.2. The van der Waals surface area contributed by atoms with Gasteiger partial charge in [0, 0.05) is 5.56 Å². The fourth-order valence-electron chi connectivity index (χ4n) is 1.65. The first-order valence-corrected chi connectivity index (χ1v) is 5.82. The van der Waals surface area contributed by atoms with E-state index in [1.807, 2.05) is 18.2 Å². The van der Waals surface area contributed by atoms with Crippen molar-refractivity contribution in [3.05, 3.63) is 48.6 Å². The Morgan fingerprint density at radius 1 is 1.35 bits per heavy atom. The highest BCUT2D eigenvalue weighted by Gasteiger charge is 2.15. The standard InChI is InChI=1S/C14H22NO2/c1-4-14(16)17-11-10-15(2,3)12-13-8-6-5-7-9-13/h4-9,14,16H,1,10-12H2,2-3H3/q+1. The number of quaternary nitrogens is 1. The van der Waals surface area contributed by atoms with Gasteiger partial charge < -0.3 is 14.3 Å². The van der Waals surface area contributed by atoms with Crippen LogP contribution in [0.2, 0.25) is 0 Å². The number of hydrogen-bond donors (Lipinski definition) is 1. The zero-order valence-corrected chi connectivity index (χ0v) is 10.7. The van der Waals surface area contributed by atoms with Crippen LogP contribution in [0.5, 0.6) is 0 Å². The Labute approximate surface area is 104 Å². The summed E-state index contributed by atoms with van der Waals surface area (Å²) in [5.41, 5.74) is 1.31. The van der Waals surface area contributed by atoms with Crippen LogP contribution in [0.15, 0.2) is 43.0 Å². The van der Waals surface area contributed by atoms with Crippen LogP contribution in [0, 0.1) is 0 Å². The molecular weight excluding hydrogens is 214 g/mol. The maximum atomic E-state index is 9.20. The lowest BCUT2D eigenvalue weighted by molar-refractivity contribution is -0.904. The van der Waals surface area contributed by atoms with Gasteiger partial charge in [-0.05, 0) is 6.08 Å². The zero-order chi connectivity index (χ0) is 12.7. The van der Waals surface area contributed by atoms with E-state index < -0.39 is 6.29 Å². The highest BCUT2D eigenvalue weighted by Crippen LogP contribution is 2.08. The maximum absolute atomic E-state index is 9.20. The minimum absolute atomic E-state index is 0.521. The minimum Gasteiger partial charge on any atom is -0.365 e. The van der Waals surface area contributed by atoms with Crippen LogP contribution in [-0.4, -0.2) is 43.1 Å². The summed E-state index contributed by atoms with van der Waals surface area (Å²) >= 11 is 0. The number of ether oxygens (including phenoxy) is 1. The molecular formula is C14H22NO2+. The molecule has 0 saturated heterocycles. The Morgan fingerprint density at radius 2 is 2.00 bits per heavy atom. The average molecular weight is 236 g/mol. The predicted octanol–water partition coefficient (Wildman–Crippen LogP) is 1.78. The van der Waals surface area contributed by atoms with E-state index in [-0.39, 0.29) is 0 Å². The van der Waals surface area contributed by atoms with Gasteiger partial charge in [-0.2, -0.15) is 0 Å². The molecule has 1 rings (SSSR count). The van der Waals surface area contributed by atoms with Crippen molar-refractivity contribution in [1.29, 1.82) is 0 Å². The second-order valence-corrected chi connectivity index (χ2v) is 4.80. The van der Waals surface area contributed by atoms with Crippen LogP contribution in [0.3, 0.4) is 0 Å². The van der Waals surface area contributed by atoms with Crippen LogP contribution < -0.4 is 0 Å². The van der Waals surface area contributed by atoms with Gasteiger partial charge in [-0.3, -0.25) is 0 Å². The number of nitrogens with zero attached hydrogens (tertiary/aromatic N) is 1. The fourth-order valence-corrected chi connectivity index (χ4v) is 1.65. The van der Waals surface area contributed by atoms with E-state index >= 15 is 0 Å². The van der Waals surface area contributed by atoms with E-state index in [4.69, 9.17) is 4.74 Å². The molecule has 0 heterocycles. The van der Waals surface area contributed by atoms with Crippen LogP contribution in [0.4, 0.5) is 0 Å². The number of benzene rings is 1. The van der Waals surface area contributed by atoms with Gasteiger partial charge in [0.1, 0.15) is 13.1 Å². The first-order valence-electron chi connectivity index (χ1n) is 5.82. The highest BCUT2D eigenvalue weighted by molar-refractivity contribution is 5.13. The third kappa shape index (κ3) is 5.63. The molecule has 1 atom stereocenters. The van der Waals surface area contributed by atoms with Gasteiger partial charge in [-0.25, -0.2) is 0 Å². The number of aliphatic hydroxyl groups excluding tert-OH is 1. The topological polar surface area (TPSA) is 29.5 Å². The molecule has 1 aromatic rings. The fraction of sp³-hybridized carbons (Fsp3) is 0.429. The summed E-state index contributed by atoms with van der Waals surface area (Å²) in [6.45, 7) is 5.78. The quantitative estimate of drug-likeness (QED) is 0.444. The Balaban J connectivity index is 2.38. The summed E-state index contributed by atoms with van der Waals surface area (Å²) in [5, 5.41) is 9.20. The molecule has 3 heteroatoms. The van der Waals surface area contributed by atoms with Crippen molar-refractivity contribution in [3.63, 3.8) is 0 Å². The molecule has 0 aliphatic heterocycles. The molecule has 0 spiro atoms. The first-order chi connectivity index (χ1) is 8.03. The SMILES string of the molecule is C=CC(O)OCC[N+](C)(C)Cc1ccccc1. The van der Waals surface area contributed by atoms with Gasteiger partial charge in [0.15, 0.2) is 6.29 Å². The van der Waals surface area contributed by atoms with Crippen molar-refractivity contribution < 1.29 is 14.3 Å². The van der Waals surface area contributed by atoms with Gasteiger partial charge >= 0.3 is 0 Å². The first kappa shape index (κ1) is 13.9. The predicted molar refractivity (Wildman–Crippen MR) is 69.3 cm³/mol. The van der Waals surface area contributed by atoms with Gasteiger partial charge in [-0.15, -0.1) is 0 Å². The molecule has 1 unspecified atom stereocenters. The van der Waals surface area contributed by atoms with E-state index in [0.29, 0.717) is 6.61 Å². The molecule has 0 saturated carbocycles. The normalized spacial score (nSPS) is 13.4. The van der Waals surface area contributed by atoms with Crippen LogP contribution in [0.1, 0.15) is 5.56 Å². The zero-order valence-electron chi connectivity index (χ0n) is 10.7. The molecule has 0 amide bonds. The Kier molecular flexibility index (Phi) is 5.35. The largest absolute Gasteiger partial charge is 0.365 e. The maximum Gasteiger partial charge on any atom is 0.174 e. The molecule has 17 heavy (non-hydrogen) atoms. The second-order valence-electron chi connectivity index (χ2n) is 4.80. The number of likely N-dealkylation sites (N-methyl/N-ethyl adjacent to an activating group) is 1. The molecule has 3 nitrogen and oxygen atoms in total. The van der Waals surface area contributed by atoms with E-state index in [9.17, 15) is 5.11 Å². The summed E-state index contributed by atoms with van der Waals surface area (Å²) in [6, 6.07) is 10.4. The van der Waals surface area contributed by atoms with Gasteiger partial charge in [-0.1, -0.05) is 36.9 Å². The number of aliphatic hydroxyl groups is 1. The van der Waals surface area contributed by atoms with Crippen LogP contribution in [0.25, 0.3) is 0 Å². The third-order valence-electron chi connectivity index (χ3n) is 2.64. The molecule has 1 aromatic carbocycles. The molecule has 0 bridgehead atoms. The van der Waals surface area contributed by atoms with Crippen molar-refractivity contribution in [3.8, 4) is 0 Å². The molecule has 0 aliphatic rings. The van der Waals surface area contributed by atoms with Crippen molar-refractivity contribution in [2.75, 3.05) is 27.2 Å². The summed E-state index contributed by atoms with van der Waals surface area (Å²) < 4.78 is 6.01. The molecule has 1 N–H and O–H groups in total. The number of hydrogen-bond acceptors (Lipinski definition) is 2. The van der Waals surface area contributed by atoms with Crippen LogP contribution >= 0.6 is 0 Å². The lowest BCUT2D eigenvalue weighted by Crippen LogP contribution is -2.41. The summed E-state index contributed by atoms with van der Waals surface area (Å²) in [5.74, 6) is 0. The monoisotopic (exact) mass is 236 g/mol. The van der Waals surface area contributed by atoms with E-state index in [1.54, 1.807) is 0 Å². The number of rotatable bonds is 7. The molecule has 0 aliphatic carbocycles. The lowest BCUT2D eigenvalue weighted by Gasteiger charge is -2.30. The smallest absolute Gasteiger partial charge is 0.174 e. The second kappa shape index (κ2) is 6.55. The summed E-state index contributed by atoms with van der Waals surface area (Å²) in [4.78, 5) is 0.